The van der Waals surface area contributed by atoms with Gasteiger partial charge in [0.2, 0.25) is 0 Å². The van der Waals surface area contributed by atoms with E-state index < -0.39 is 12.1 Å². The van der Waals surface area contributed by atoms with E-state index in [0.717, 1.165) is 62.7 Å². The molecule has 3 aliphatic carbocycles. The van der Waals surface area contributed by atoms with Gasteiger partial charge in [-0.15, -0.1) is 0 Å². The van der Waals surface area contributed by atoms with Crippen molar-refractivity contribution in [2.75, 3.05) is 52.4 Å². The molecule has 0 spiro atoms. The fourth-order valence-electron chi connectivity index (χ4n) is 14.0. The number of nitrogens with two attached hydrogens (primary N) is 7. The molecule has 16 heteroatoms. The third-order valence-corrected chi connectivity index (χ3v) is 20.5. The van der Waals surface area contributed by atoms with Crippen LogP contribution >= 0.6 is 0 Å². The molecule has 17 atom stereocenters. The molecule has 0 aromatic carbocycles. The zero-order valence-electron chi connectivity index (χ0n) is 61.5. The van der Waals surface area contributed by atoms with E-state index in [9.17, 15) is 23.4 Å². The van der Waals surface area contributed by atoms with Gasteiger partial charge in [0.05, 0.1) is 18.1 Å². The normalized spacial score (nSPS) is 35.1. The molecular weight excluding hydrogens is 1100 g/mol. The van der Waals surface area contributed by atoms with Gasteiger partial charge in [-0.2, -0.15) is 13.2 Å². The Labute approximate surface area is 536 Å². The molecule has 87 heavy (non-hydrogen) atoms. The molecule has 13 nitrogen and oxygen atoms in total. The number of aliphatic hydroxyl groups excluding tert-OH is 2. The number of alkyl halides is 3. The molecule has 7 aliphatic rings. The predicted molar refractivity (Wildman–Crippen MR) is 368 cm³/mol. The summed E-state index contributed by atoms with van der Waals surface area (Å²) in [5.74, 6) is 3.28. The van der Waals surface area contributed by atoms with Crippen LogP contribution < -0.4 is 40.1 Å². The molecule has 522 valence electrons. The quantitative estimate of drug-likeness (QED) is 0.110. The van der Waals surface area contributed by atoms with Crippen LogP contribution in [0.2, 0.25) is 0 Å². The van der Waals surface area contributed by atoms with Crippen molar-refractivity contribution >= 4 is 0 Å². The van der Waals surface area contributed by atoms with Crippen molar-refractivity contribution in [3.8, 4) is 0 Å². The molecule has 0 aromatic heterocycles. The van der Waals surface area contributed by atoms with E-state index in [1.54, 1.807) is 0 Å². The first-order valence-electron chi connectivity index (χ1n) is 34.8. The second-order valence-electron chi connectivity index (χ2n) is 36.5. The van der Waals surface area contributed by atoms with Gasteiger partial charge in [-0.25, -0.2) is 0 Å². The van der Waals surface area contributed by atoms with Gasteiger partial charge in [-0.05, 0) is 224 Å². The summed E-state index contributed by atoms with van der Waals surface area (Å²) in [6.45, 7) is 62.3. The predicted octanol–water partition coefficient (Wildman–Crippen LogP) is 12.2. The Morgan fingerprint density at radius 1 is 0.322 bits per heavy atom. The number of hydrogen-bond donors (Lipinski definition) is 9. The van der Waals surface area contributed by atoms with Crippen molar-refractivity contribution in [3.63, 3.8) is 0 Å². The number of hydrogen-bond acceptors (Lipinski definition) is 13. The lowest BCUT2D eigenvalue weighted by Gasteiger charge is -2.45. The smallest absolute Gasteiger partial charge is 0.391 e. The Morgan fingerprint density at radius 3 is 1.09 bits per heavy atom. The molecule has 4 saturated heterocycles. The molecule has 7 rings (SSSR count). The highest BCUT2D eigenvalue weighted by Crippen LogP contribution is 2.42. The van der Waals surface area contributed by atoms with E-state index in [1.165, 1.54) is 77.3 Å². The van der Waals surface area contributed by atoms with Crippen molar-refractivity contribution in [3.05, 3.63) is 0 Å². The third-order valence-electron chi connectivity index (χ3n) is 20.5. The summed E-state index contributed by atoms with van der Waals surface area (Å²) in [6.07, 6.45) is 10.1. The van der Waals surface area contributed by atoms with Crippen molar-refractivity contribution in [2.45, 2.75) is 339 Å². The van der Waals surface area contributed by atoms with Crippen molar-refractivity contribution in [1.29, 1.82) is 0 Å². The summed E-state index contributed by atoms with van der Waals surface area (Å²) in [4.78, 5) is 9.13. The van der Waals surface area contributed by atoms with Crippen LogP contribution in [0.15, 0.2) is 0 Å². The minimum Gasteiger partial charge on any atom is -0.391 e. The Kier molecular flexibility index (Phi) is 34.0. The second kappa shape index (κ2) is 35.1. The minimum atomic E-state index is -4.12. The summed E-state index contributed by atoms with van der Waals surface area (Å²) < 4.78 is 37.8. The number of likely N-dealkylation sites (tertiary alicyclic amines) is 4. The molecule has 0 aromatic rings. The van der Waals surface area contributed by atoms with E-state index in [1.807, 2.05) is 25.7 Å². The topological polar surface area (TPSA) is 236 Å². The number of aliphatic hydroxyl groups is 2. The molecule has 0 radical (unpaired) electrons. The van der Waals surface area contributed by atoms with Gasteiger partial charge in [0.25, 0.3) is 0 Å². The molecule has 4 heterocycles. The summed E-state index contributed by atoms with van der Waals surface area (Å²) >= 11 is 0. The first kappa shape index (κ1) is 84.3. The summed E-state index contributed by atoms with van der Waals surface area (Å²) in [7, 11) is 0. The van der Waals surface area contributed by atoms with Crippen LogP contribution in [0.5, 0.6) is 0 Å². The van der Waals surface area contributed by atoms with Gasteiger partial charge in [-0.3, -0.25) is 19.6 Å². The molecule has 0 amide bonds. The fraction of sp³-hybridized carbons (Fsp3) is 1.00. The van der Waals surface area contributed by atoms with E-state index in [4.69, 9.17) is 40.1 Å². The summed E-state index contributed by atoms with van der Waals surface area (Å²) in [5, 5.41) is 19.4. The van der Waals surface area contributed by atoms with Crippen LogP contribution in [0, 0.1) is 63.6 Å². The van der Waals surface area contributed by atoms with Crippen LogP contribution in [0.1, 0.15) is 257 Å². The number of rotatable bonds is 0. The van der Waals surface area contributed by atoms with Gasteiger partial charge in [-0.1, -0.05) is 96.4 Å². The van der Waals surface area contributed by atoms with Gasteiger partial charge < -0.3 is 50.3 Å². The average molecular weight is 1250 g/mol. The van der Waals surface area contributed by atoms with Crippen LogP contribution in [-0.2, 0) is 0 Å². The summed E-state index contributed by atoms with van der Waals surface area (Å²) in [5.41, 5.74) is 43.0. The lowest BCUT2D eigenvalue weighted by atomic mass is 9.67. The zero-order chi connectivity index (χ0) is 68.0. The summed E-state index contributed by atoms with van der Waals surface area (Å²) in [6, 6.07) is 1.24. The SMILES string of the molecule is CC(C)(C)C1CCCC(N)C1.CC(C)(C)N1CCC[C@H](N)C1.CC(C)(C)N1C[C@@H](N)C[C@@H](C(F)(F)F)C1.CC1CC(C(C)(C)C)CC(N)C1O.CC1CC(N)CC(C(C)(C)C)C1.C[C@@H]1C[C@H](N)CN(C(C)(C)C)C1.C[C@H]1CN(C(C)(C)C)C[C@@H](N)[C@@H]1O. The maximum atomic E-state index is 12.6. The Hall–Kier alpha value is -0.730. The number of nitrogens with zero attached hydrogens (tertiary/aromatic N) is 4. The zero-order valence-corrected chi connectivity index (χ0v) is 61.5. The Balaban J connectivity index is 0.000000509. The van der Waals surface area contributed by atoms with Gasteiger partial charge >= 0.3 is 6.18 Å². The van der Waals surface area contributed by atoms with Crippen molar-refractivity contribution < 1.29 is 23.4 Å². The van der Waals surface area contributed by atoms with Gasteiger partial charge in [0, 0.05) is 110 Å². The van der Waals surface area contributed by atoms with Crippen LogP contribution in [0.25, 0.3) is 0 Å². The third kappa shape index (κ3) is 32.3. The van der Waals surface area contributed by atoms with Gasteiger partial charge in [0.15, 0.2) is 0 Å². The van der Waals surface area contributed by atoms with E-state index in [-0.39, 0.29) is 65.8 Å². The van der Waals surface area contributed by atoms with Gasteiger partial charge in [0.1, 0.15) is 0 Å². The molecule has 0 bridgehead atoms. The largest absolute Gasteiger partial charge is 0.393 e. The first-order valence-corrected chi connectivity index (χ1v) is 34.8. The maximum absolute atomic E-state index is 12.6. The van der Waals surface area contributed by atoms with E-state index in [2.05, 4.69) is 167 Å². The highest BCUT2D eigenvalue weighted by atomic mass is 19.4. The number of halogens is 3. The molecule has 16 N–H and O–H groups in total. The lowest BCUT2D eigenvalue weighted by Crippen LogP contribution is -2.60. The van der Waals surface area contributed by atoms with Crippen LogP contribution in [0.3, 0.4) is 0 Å². The standard InChI is InChI=1S/C11H23NO.C11H23N.C10H19F3N2.C10H22N2O.C10H22N2.C10H21N.C9H20N2/c1-7-5-8(11(2,3)4)6-9(12)10(7)13;1-8-5-9(11(2,3)4)7-10(12)6-8;1-9(2,3)15-5-7(10(11,12)13)4-8(14)6-15;1-7-5-12(10(2,3)4)6-8(11)9(7)13;1-8-5-9(11)7-12(6-8)10(2,3)4;1-10(2,3)8-5-4-6-9(11)7-8;1-9(2,3)11-6-4-5-8(10)7-11/h7-10,13H,5-6,12H2,1-4H3;8-10H,5-7,12H2,1-4H3;7-8H,4-6,14H2,1-3H3;7-9,13H,5-6,11H2,1-4H3;8-9H,5-7,11H2,1-4H3;8-9H,4-7,11H2,1-3H3;8H,4-7,10H2,1-3H3/t;;7-,8+;7-,8+,9+;8-,9+;;8-/m..101.0/s1. The highest BCUT2D eigenvalue weighted by molar-refractivity contribution is 4.95. The second-order valence-corrected chi connectivity index (χ2v) is 36.5. The molecule has 4 aliphatic heterocycles. The molecular formula is C71H150F3N11O2. The van der Waals surface area contributed by atoms with Crippen LogP contribution in [0.4, 0.5) is 13.2 Å². The van der Waals surface area contributed by atoms with E-state index in [0.29, 0.717) is 64.3 Å². The Bertz CT molecular complexity index is 1690. The molecule has 3 saturated carbocycles. The number of piperidine rings is 4. The van der Waals surface area contributed by atoms with Crippen LogP contribution in [-0.4, -0.2) is 165 Å². The minimum absolute atomic E-state index is 0.0204. The average Bonchev–Trinajstić information content (AvgIpc) is 3.10. The first-order chi connectivity index (χ1) is 39.0. The van der Waals surface area contributed by atoms with E-state index >= 15 is 0 Å². The molecule has 7 fully saturated rings. The fourth-order valence-corrected chi connectivity index (χ4v) is 14.0. The molecule has 9 unspecified atom stereocenters. The lowest BCUT2D eigenvalue weighted by molar-refractivity contribution is -0.192. The maximum Gasteiger partial charge on any atom is 0.393 e. The van der Waals surface area contributed by atoms with Crippen molar-refractivity contribution in [2.24, 2.45) is 104 Å². The highest BCUT2D eigenvalue weighted by Gasteiger charge is 2.46. The Morgan fingerprint density at radius 2 is 0.713 bits per heavy atom. The monoisotopic (exact) mass is 1250 g/mol. The van der Waals surface area contributed by atoms with Crippen molar-refractivity contribution in [1.82, 2.24) is 19.6 Å².